The van der Waals surface area contributed by atoms with Crippen LogP contribution >= 0.6 is 11.6 Å². The lowest BCUT2D eigenvalue weighted by molar-refractivity contribution is 0.119. The van der Waals surface area contributed by atoms with Crippen LogP contribution in [0.15, 0.2) is 28.8 Å². The molecule has 1 aromatic carbocycles. The summed E-state index contributed by atoms with van der Waals surface area (Å²) in [7, 11) is 0. The highest BCUT2D eigenvalue weighted by Gasteiger charge is 2.18. The van der Waals surface area contributed by atoms with Gasteiger partial charge in [0, 0.05) is 44.7 Å². The summed E-state index contributed by atoms with van der Waals surface area (Å²) in [6.07, 6.45) is 0. The number of rotatable bonds is 4. The van der Waals surface area contributed by atoms with Crippen molar-refractivity contribution in [2.75, 3.05) is 26.2 Å². The quantitative estimate of drug-likeness (QED) is 0.867. The molecule has 0 unspecified atom stereocenters. The first-order valence-corrected chi connectivity index (χ1v) is 7.55. The van der Waals surface area contributed by atoms with Crippen LogP contribution in [-0.2, 0) is 13.1 Å². The van der Waals surface area contributed by atoms with E-state index in [1.54, 1.807) is 0 Å². The molecular weight excluding hydrogens is 288 g/mol. The highest BCUT2D eigenvalue weighted by Crippen LogP contribution is 2.14. The Morgan fingerprint density at radius 2 is 1.86 bits per heavy atom. The van der Waals surface area contributed by atoms with Crippen LogP contribution in [0.1, 0.15) is 17.3 Å². The van der Waals surface area contributed by atoms with Gasteiger partial charge in [-0.25, -0.2) is 0 Å². The number of nitrogens with zero attached hydrogens (tertiary/aromatic N) is 4. The Kier molecular flexibility index (Phi) is 4.53. The summed E-state index contributed by atoms with van der Waals surface area (Å²) in [5.41, 5.74) is 1.27. The average Bonchev–Trinajstić information content (AvgIpc) is 2.86. The lowest BCUT2D eigenvalue weighted by Gasteiger charge is -2.34. The maximum Gasteiger partial charge on any atom is 0.223 e. The number of hydrogen-bond donors (Lipinski definition) is 0. The third-order valence-electron chi connectivity index (χ3n) is 3.69. The molecule has 5 nitrogen and oxygen atoms in total. The van der Waals surface area contributed by atoms with E-state index in [2.05, 4.69) is 26.0 Å². The van der Waals surface area contributed by atoms with Crippen molar-refractivity contribution >= 4 is 11.6 Å². The van der Waals surface area contributed by atoms with Gasteiger partial charge in [-0.3, -0.25) is 9.80 Å². The number of hydrogen-bond acceptors (Lipinski definition) is 5. The van der Waals surface area contributed by atoms with Crippen LogP contribution in [0.5, 0.6) is 0 Å². The number of aryl methyl sites for hydroxylation is 1. The Hall–Kier alpha value is -1.43. The van der Waals surface area contributed by atoms with Crippen LogP contribution < -0.4 is 0 Å². The summed E-state index contributed by atoms with van der Waals surface area (Å²) in [4.78, 5) is 9.06. The second kappa shape index (κ2) is 6.56. The van der Waals surface area contributed by atoms with Gasteiger partial charge in [0.05, 0.1) is 6.54 Å². The zero-order valence-corrected chi connectivity index (χ0v) is 12.9. The van der Waals surface area contributed by atoms with Crippen molar-refractivity contribution in [3.05, 3.63) is 46.6 Å². The van der Waals surface area contributed by atoms with Gasteiger partial charge >= 0.3 is 0 Å². The summed E-state index contributed by atoms with van der Waals surface area (Å²) in [6.45, 7) is 7.67. The van der Waals surface area contributed by atoms with Gasteiger partial charge in [0.2, 0.25) is 5.89 Å². The van der Waals surface area contributed by atoms with Crippen molar-refractivity contribution in [3.63, 3.8) is 0 Å². The molecule has 1 aliphatic rings. The maximum absolute atomic E-state index is 6.03. The molecule has 1 saturated heterocycles. The number of benzene rings is 1. The zero-order valence-electron chi connectivity index (χ0n) is 12.1. The Morgan fingerprint density at radius 1 is 1.14 bits per heavy atom. The monoisotopic (exact) mass is 306 g/mol. The van der Waals surface area contributed by atoms with E-state index in [0.29, 0.717) is 5.89 Å². The highest BCUT2D eigenvalue weighted by molar-refractivity contribution is 6.30. The van der Waals surface area contributed by atoms with E-state index in [9.17, 15) is 0 Å². The van der Waals surface area contributed by atoms with Crippen LogP contribution in [-0.4, -0.2) is 46.1 Å². The summed E-state index contributed by atoms with van der Waals surface area (Å²) in [6, 6.07) is 8.08. The van der Waals surface area contributed by atoms with Crippen LogP contribution in [0.4, 0.5) is 0 Å². The van der Waals surface area contributed by atoms with Gasteiger partial charge in [-0.05, 0) is 17.7 Å². The molecule has 6 heteroatoms. The van der Waals surface area contributed by atoms with Gasteiger partial charge < -0.3 is 4.52 Å². The normalized spacial score (nSPS) is 17.2. The van der Waals surface area contributed by atoms with Crippen molar-refractivity contribution in [2.24, 2.45) is 0 Å². The average molecular weight is 307 g/mol. The van der Waals surface area contributed by atoms with Gasteiger partial charge in [-0.15, -0.1) is 0 Å². The predicted molar refractivity (Wildman–Crippen MR) is 81.0 cm³/mol. The minimum absolute atomic E-state index is 0.629. The molecule has 3 rings (SSSR count). The van der Waals surface area contributed by atoms with Gasteiger partial charge in [0.15, 0.2) is 5.82 Å². The summed E-state index contributed by atoms with van der Waals surface area (Å²) >= 11 is 6.03. The predicted octanol–water partition coefficient (Wildman–Crippen LogP) is 2.35. The van der Waals surface area contributed by atoms with Gasteiger partial charge in [0.25, 0.3) is 0 Å². The zero-order chi connectivity index (χ0) is 14.7. The van der Waals surface area contributed by atoms with E-state index in [1.807, 2.05) is 25.1 Å². The van der Waals surface area contributed by atoms with E-state index in [4.69, 9.17) is 16.1 Å². The standard InChI is InChI=1S/C15H19ClN4O/c1-12-17-15(18-21-12)11-20-7-5-19(6-8-20)10-13-3-2-4-14(16)9-13/h2-4,9H,5-8,10-11H2,1H3. The molecule has 0 amide bonds. The van der Waals surface area contributed by atoms with Gasteiger partial charge in [-0.1, -0.05) is 28.9 Å². The SMILES string of the molecule is Cc1nc(CN2CCN(Cc3cccc(Cl)c3)CC2)no1. The van der Waals surface area contributed by atoms with Crippen molar-refractivity contribution in [3.8, 4) is 0 Å². The fraction of sp³-hybridized carbons (Fsp3) is 0.467. The smallest absolute Gasteiger partial charge is 0.223 e. The summed E-state index contributed by atoms with van der Waals surface area (Å²) in [5, 5.41) is 4.75. The Balaban J connectivity index is 1.48. The van der Waals surface area contributed by atoms with Gasteiger partial charge in [-0.2, -0.15) is 4.98 Å². The minimum Gasteiger partial charge on any atom is -0.340 e. The number of halogens is 1. The first kappa shape index (κ1) is 14.5. The molecule has 0 aliphatic carbocycles. The summed E-state index contributed by atoms with van der Waals surface area (Å²) in [5.74, 6) is 1.40. The fourth-order valence-electron chi connectivity index (χ4n) is 2.60. The Morgan fingerprint density at radius 3 is 2.48 bits per heavy atom. The molecule has 0 saturated carbocycles. The summed E-state index contributed by atoms with van der Waals surface area (Å²) < 4.78 is 5.01. The molecule has 112 valence electrons. The molecule has 0 atom stereocenters. The maximum atomic E-state index is 6.03. The van der Waals surface area contributed by atoms with Crippen molar-refractivity contribution in [2.45, 2.75) is 20.0 Å². The fourth-order valence-corrected chi connectivity index (χ4v) is 2.82. The molecule has 1 aliphatic heterocycles. The molecule has 21 heavy (non-hydrogen) atoms. The van der Waals surface area contributed by atoms with E-state index >= 15 is 0 Å². The van der Waals surface area contributed by atoms with Crippen molar-refractivity contribution in [1.29, 1.82) is 0 Å². The molecule has 2 aromatic rings. The number of aromatic nitrogens is 2. The Bertz CT molecular complexity index is 593. The van der Waals surface area contributed by atoms with Crippen LogP contribution in [0.25, 0.3) is 0 Å². The Labute approximate surface area is 129 Å². The molecule has 1 fully saturated rings. The second-order valence-corrected chi connectivity index (χ2v) is 5.85. The first-order chi connectivity index (χ1) is 10.2. The molecular formula is C15H19ClN4O. The van der Waals surface area contributed by atoms with E-state index in [0.717, 1.165) is 50.1 Å². The third kappa shape index (κ3) is 4.03. The molecule has 0 radical (unpaired) electrons. The largest absolute Gasteiger partial charge is 0.340 e. The lowest BCUT2D eigenvalue weighted by atomic mass is 10.2. The minimum atomic E-state index is 0.629. The molecule has 0 spiro atoms. The van der Waals surface area contributed by atoms with Crippen LogP contribution in [0.3, 0.4) is 0 Å². The van der Waals surface area contributed by atoms with E-state index < -0.39 is 0 Å². The third-order valence-corrected chi connectivity index (χ3v) is 3.93. The molecule has 0 bridgehead atoms. The molecule has 1 aromatic heterocycles. The first-order valence-electron chi connectivity index (χ1n) is 7.17. The van der Waals surface area contributed by atoms with Crippen molar-refractivity contribution < 1.29 is 4.52 Å². The van der Waals surface area contributed by atoms with Crippen LogP contribution in [0.2, 0.25) is 5.02 Å². The second-order valence-electron chi connectivity index (χ2n) is 5.41. The van der Waals surface area contributed by atoms with Gasteiger partial charge in [0.1, 0.15) is 0 Å². The molecule has 0 N–H and O–H groups in total. The van der Waals surface area contributed by atoms with E-state index in [1.165, 1.54) is 5.56 Å². The lowest BCUT2D eigenvalue weighted by Crippen LogP contribution is -2.45. The topological polar surface area (TPSA) is 45.4 Å². The van der Waals surface area contributed by atoms with E-state index in [-0.39, 0.29) is 0 Å². The molecule has 2 heterocycles. The van der Waals surface area contributed by atoms with Crippen LogP contribution in [0, 0.1) is 6.92 Å². The highest BCUT2D eigenvalue weighted by atomic mass is 35.5. The van der Waals surface area contributed by atoms with Crippen molar-refractivity contribution in [1.82, 2.24) is 19.9 Å². The number of piperazine rings is 1.